The normalized spacial score (nSPS) is 17.3. The van der Waals surface area contributed by atoms with Crippen molar-refractivity contribution < 1.29 is 18.7 Å². The van der Waals surface area contributed by atoms with Gasteiger partial charge in [0, 0.05) is 45.8 Å². The highest BCUT2D eigenvalue weighted by molar-refractivity contribution is 6.10. The molecule has 2 aromatic rings. The molecule has 0 atom stereocenters. The minimum absolute atomic E-state index is 0.269. The van der Waals surface area contributed by atoms with Crippen LogP contribution in [0, 0.1) is 17.1 Å². The molecule has 9 heteroatoms. The molecule has 0 bridgehead atoms. The van der Waals surface area contributed by atoms with Gasteiger partial charge in [-0.05, 0) is 73.7 Å². The van der Waals surface area contributed by atoms with Gasteiger partial charge >= 0.3 is 0 Å². The molecule has 1 aromatic heterocycles. The predicted molar refractivity (Wildman–Crippen MR) is 138 cm³/mol. The number of halogens is 1. The number of H-pyrrole nitrogens is 1. The average molecular weight is 498 g/mol. The van der Waals surface area contributed by atoms with Crippen LogP contribution in [0.5, 0.6) is 0 Å². The summed E-state index contributed by atoms with van der Waals surface area (Å²) in [6.07, 6.45) is 7.31. The molecule has 0 radical (unpaired) electrons. The molecular weight excluding hydrogens is 461 g/mol. The average Bonchev–Trinajstić information content (AvgIpc) is 3.38. The maximum absolute atomic E-state index is 12.9. The van der Waals surface area contributed by atoms with Crippen LogP contribution in [-0.4, -0.2) is 84.1 Å². The molecule has 36 heavy (non-hydrogen) atoms. The Labute approximate surface area is 212 Å². The summed E-state index contributed by atoms with van der Waals surface area (Å²) in [4.78, 5) is 34.0. The number of allylic oxidation sites excluding steroid dienone is 2. The summed E-state index contributed by atoms with van der Waals surface area (Å²) in [7, 11) is 2.11. The second-order valence-electron chi connectivity index (χ2n) is 9.19. The van der Waals surface area contributed by atoms with Crippen molar-refractivity contribution in [3.8, 4) is 0 Å². The summed E-state index contributed by atoms with van der Waals surface area (Å²) in [6.45, 7) is 7.43. The zero-order valence-corrected chi connectivity index (χ0v) is 21.1. The minimum Gasteiger partial charge on any atom is -0.381 e. The van der Waals surface area contributed by atoms with Crippen LogP contribution in [-0.2, 0) is 9.53 Å². The standard InChI is InChI=1S/C15H14FN3O.C12H22N2O2/c1-2-10(15-18-8-13(9-20)19-15)7-14(17)11-3-5-12(16)6-4-11;1-13-4-6-14(7-5-13)12(15)10-11-2-8-16-9-3-11/h3-9,17H,2H2,1H3,(H,18,19);11H,2-10H2,1H3/b10-7-,17-14?;. The Morgan fingerprint density at radius 2 is 1.86 bits per heavy atom. The monoisotopic (exact) mass is 497 g/mol. The van der Waals surface area contributed by atoms with E-state index < -0.39 is 0 Å². The molecule has 4 rings (SSSR count). The van der Waals surface area contributed by atoms with E-state index in [1.165, 1.54) is 18.3 Å². The second kappa shape index (κ2) is 13.8. The lowest BCUT2D eigenvalue weighted by Gasteiger charge is -2.33. The number of hydrogen-bond donors (Lipinski definition) is 2. The molecule has 1 aromatic carbocycles. The van der Waals surface area contributed by atoms with E-state index in [4.69, 9.17) is 10.1 Å². The molecule has 194 valence electrons. The number of rotatable bonds is 7. The van der Waals surface area contributed by atoms with Crippen LogP contribution in [0.25, 0.3) is 5.57 Å². The van der Waals surface area contributed by atoms with Gasteiger partial charge in [0.05, 0.1) is 17.6 Å². The zero-order valence-electron chi connectivity index (χ0n) is 21.1. The number of benzene rings is 1. The van der Waals surface area contributed by atoms with Gasteiger partial charge in [-0.2, -0.15) is 0 Å². The minimum atomic E-state index is -0.331. The number of amides is 1. The SMILES string of the molecule is CC/C(=C/C(=N)c1ccc(F)cc1)c1ncc(C=O)[nH]1.CN1CCN(C(=O)CC2CCOCC2)CC1. The fraction of sp³-hybridized carbons (Fsp3) is 0.481. The van der Waals surface area contributed by atoms with E-state index in [1.54, 1.807) is 18.2 Å². The van der Waals surface area contributed by atoms with Gasteiger partial charge in [0.1, 0.15) is 11.6 Å². The van der Waals surface area contributed by atoms with Crippen LogP contribution in [0.2, 0.25) is 0 Å². The van der Waals surface area contributed by atoms with Crippen molar-refractivity contribution in [2.75, 3.05) is 46.4 Å². The van der Waals surface area contributed by atoms with Gasteiger partial charge in [-0.1, -0.05) is 6.92 Å². The van der Waals surface area contributed by atoms with E-state index in [-0.39, 0.29) is 11.5 Å². The fourth-order valence-corrected chi connectivity index (χ4v) is 4.17. The summed E-state index contributed by atoms with van der Waals surface area (Å²) in [5, 5.41) is 8.02. The van der Waals surface area contributed by atoms with Gasteiger partial charge in [0.2, 0.25) is 5.91 Å². The number of ether oxygens (including phenoxy) is 1. The number of aromatic nitrogens is 2. The van der Waals surface area contributed by atoms with Gasteiger partial charge in [-0.3, -0.25) is 9.59 Å². The molecule has 2 fully saturated rings. The summed E-state index contributed by atoms with van der Waals surface area (Å²) < 4.78 is 18.2. The topological polar surface area (TPSA) is 102 Å². The summed E-state index contributed by atoms with van der Waals surface area (Å²) in [5.74, 6) is 1.14. The lowest BCUT2D eigenvalue weighted by molar-refractivity contribution is -0.134. The van der Waals surface area contributed by atoms with Crippen molar-refractivity contribution >= 4 is 23.5 Å². The largest absolute Gasteiger partial charge is 0.381 e. The summed E-state index contributed by atoms with van der Waals surface area (Å²) in [5.41, 5.74) is 2.10. The highest BCUT2D eigenvalue weighted by Crippen LogP contribution is 2.20. The molecule has 0 aliphatic carbocycles. The molecule has 2 aliphatic heterocycles. The van der Waals surface area contributed by atoms with Crippen molar-refractivity contribution in [3.63, 3.8) is 0 Å². The van der Waals surface area contributed by atoms with Crippen molar-refractivity contribution in [2.45, 2.75) is 32.6 Å². The highest BCUT2D eigenvalue weighted by Gasteiger charge is 2.23. The van der Waals surface area contributed by atoms with E-state index in [1.807, 2.05) is 11.8 Å². The van der Waals surface area contributed by atoms with Crippen molar-refractivity contribution in [3.05, 3.63) is 59.4 Å². The molecule has 0 saturated carbocycles. The van der Waals surface area contributed by atoms with E-state index >= 15 is 0 Å². The number of carbonyl (C=O) groups is 2. The maximum Gasteiger partial charge on any atom is 0.222 e. The number of hydrogen-bond acceptors (Lipinski definition) is 6. The third kappa shape index (κ3) is 8.20. The molecule has 0 spiro atoms. The number of likely N-dealkylation sites (N-methyl/N-ethyl adjacent to an activating group) is 1. The number of carbonyl (C=O) groups excluding carboxylic acids is 2. The third-order valence-electron chi connectivity index (χ3n) is 6.54. The Morgan fingerprint density at radius 3 is 2.44 bits per heavy atom. The van der Waals surface area contributed by atoms with E-state index in [0.717, 1.165) is 64.2 Å². The first kappa shape index (κ1) is 27.4. The second-order valence-corrected chi connectivity index (χ2v) is 9.19. The number of nitrogens with zero attached hydrogens (tertiary/aromatic N) is 3. The Kier molecular flexibility index (Phi) is 10.5. The van der Waals surface area contributed by atoms with Gasteiger partial charge in [0.15, 0.2) is 6.29 Å². The molecule has 2 N–H and O–H groups in total. The first-order valence-corrected chi connectivity index (χ1v) is 12.5. The van der Waals surface area contributed by atoms with Gasteiger partial charge < -0.3 is 24.9 Å². The number of imidazole rings is 1. The molecule has 2 saturated heterocycles. The highest BCUT2D eigenvalue weighted by atomic mass is 19.1. The smallest absolute Gasteiger partial charge is 0.222 e. The molecule has 2 aliphatic rings. The Hall–Kier alpha value is -3.17. The Morgan fingerprint density at radius 1 is 1.19 bits per heavy atom. The third-order valence-corrected chi connectivity index (χ3v) is 6.54. The Balaban J connectivity index is 0.000000205. The van der Waals surface area contributed by atoms with Gasteiger partial charge in [-0.25, -0.2) is 9.37 Å². The number of nitrogens with one attached hydrogen (secondary N) is 2. The molecule has 8 nitrogen and oxygen atoms in total. The van der Waals surface area contributed by atoms with Crippen molar-refractivity contribution in [1.29, 1.82) is 5.41 Å². The van der Waals surface area contributed by atoms with Crippen LogP contribution < -0.4 is 0 Å². The van der Waals surface area contributed by atoms with Crippen LogP contribution in [0.1, 0.15) is 54.5 Å². The quantitative estimate of drug-likeness (QED) is 0.448. The van der Waals surface area contributed by atoms with Crippen LogP contribution in [0.15, 0.2) is 36.5 Å². The van der Waals surface area contributed by atoms with Crippen LogP contribution in [0.3, 0.4) is 0 Å². The first-order chi connectivity index (χ1) is 17.4. The summed E-state index contributed by atoms with van der Waals surface area (Å²) >= 11 is 0. The zero-order chi connectivity index (χ0) is 25.9. The molecular formula is C27H36FN5O3. The van der Waals surface area contributed by atoms with E-state index in [2.05, 4.69) is 21.9 Å². The van der Waals surface area contributed by atoms with Crippen molar-refractivity contribution in [2.24, 2.45) is 5.92 Å². The van der Waals surface area contributed by atoms with Crippen LogP contribution in [0.4, 0.5) is 4.39 Å². The molecule has 3 heterocycles. The summed E-state index contributed by atoms with van der Waals surface area (Å²) in [6, 6.07) is 5.75. The fourth-order valence-electron chi connectivity index (χ4n) is 4.17. The van der Waals surface area contributed by atoms with Crippen LogP contribution >= 0.6 is 0 Å². The van der Waals surface area contributed by atoms with Gasteiger partial charge in [-0.15, -0.1) is 0 Å². The maximum atomic E-state index is 12.9. The lowest BCUT2D eigenvalue weighted by Crippen LogP contribution is -2.47. The van der Waals surface area contributed by atoms with E-state index in [9.17, 15) is 14.0 Å². The molecule has 1 amide bonds. The molecule has 0 unspecified atom stereocenters. The lowest BCUT2D eigenvalue weighted by atomic mass is 9.96. The predicted octanol–water partition coefficient (Wildman–Crippen LogP) is 3.80. The van der Waals surface area contributed by atoms with Gasteiger partial charge in [0.25, 0.3) is 0 Å². The van der Waals surface area contributed by atoms with Crippen molar-refractivity contribution in [1.82, 2.24) is 19.8 Å². The Bertz CT molecular complexity index is 1040. The number of piperazine rings is 1. The number of aromatic amines is 1. The van der Waals surface area contributed by atoms with E-state index in [0.29, 0.717) is 41.6 Å². The first-order valence-electron chi connectivity index (χ1n) is 12.5. The number of aldehydes is 1.